The molecule has 0 aromatic heterocycles. The Morgan fingerprint density at radius 3 is 2.59 bits per heavy atom. The van der Waals surface area contributed by atoms with E-state index in [4.69, 9.17) is 5.26 Å². The van der Waals surface area contributed by atoms with Crippen molar-refractivity contribution >= 4 is 0 Å². The summed E-state index contributed by atoms with van der Waals surface area (Å²) in [7, 11) is 0. The Hall–Kier alpha value is -0.590. The van der Waals surface area contributed by atoms with E-state index in [1.54, 1.807) is 0 Å². The largest absolute Gasteiger partial charge is 0.300 e. The van der Waals surface area contributed by atoms with Crippen LogP contribution < -0.4 is 5.32 Å². The van der Waals surface area contributed by atoms with E-state index in [9.17, 15) is 0 Å². The zero-order valence-electron chi connectivity index (χ0n) is 11.2. The molecule has 1 heterocycles. The van der Waals surface area contributed by atoms with Gasteiger partial charge in [0, 0.05) is 19.1 Å². The maximum Gasteiger partial charge on any atom is 0.108 e. The SMILES string of the molecule is CCC1(CC)CCN(CC(C#N)NC2CC2)C1. The molecular weight excluding hydrogens is 210 g/mol. The van der Waals surface area contributed by atoms with Crippen LogP contribution in [0.25, 0.3) is 0 Å². The maximum absolute atomic E-state index is 9.17. The first-order chi connectivity index (χ1) is 8.21. The monoisotopic (exact) mass is 235 g/mol. The van der Waals surface area contributed by atoms with E-state index in [1.807, 2.05) is 0 Å². The fourth-order valence-electron chi connectivity index (χ4n) is 2.93. The third-order valence-corrected chi connectivity index (χ3v) is 4.63. The number of rotatable bonds is 6. The second kappa shape index (κ2) is 5.37. The molecule has 0 aromatic rings. The standard InChI is InChI=1S/C14H25N3/c1-3-14(4-2)7-8-17(11-14)10-13(9-15)16-12-5-6-12/h12-13,16H,3-8,10-11H2,1-2H3. The highest BCUT2D eigenvalue weighted by Crippen LogP contribution is 2.36. The Balaban J connectivity index is 1.81. The normalized spacial score (nSPS) is 25.7. The lowest BCUT2D eigenvalue weighted by molar-refractivity contribution is 0.233. The number of nitriles is 1. The van der Waals surface area contributed by atoms with Gasteiger partial charge in [-0.05, 0) is 44.1 Å². The van der Waals surface area contributed by atoms with Crippen molar-refractivity contribution in [1.29, 1.82) is 5.26 Å². The first-order valence-electron chi connectivity index (χ1n) is 7.09. The molecule has 0 amide bonds. The molecule has 2 fully saturated rings. The zero-order chi connectivity index (χ0) is 12.3. The lowest BCUT2D eigenvalue weighted by Gasteiger charge is -2.27. The molecule has 96 valence electrons. The van der Waals surface area contributed by atoms with Crippen LogP contribution in [0, 0.1) is 16.7 Å². The van der Waals surface area contributed by atoms with Crippen molar-refractivity contribution in [3.05, 3.63) is 0 Å². The van der Waals surface area contributed by atoms with Crippen molar-refractivity contribution in [2.75, 3.05) is 19.6 Å². The molecule has 0 bridgehead atoms. The van der Waals surface area contributed by atoms with Gasteiger partial charge in [-0.25, -0.2) is 0 Å². The summed E-state index contributed by atoms with van der Waals surface area (Å²) >= 11 is 0. The predicted octanol–water partition coefficient (Wildman–Crippen LogP) is 2.14. The summed E-state index contributed by atoms with van der Waals surface area (Å²) in [6, 6.07) is 3.07. The van der Waals surface area contributed by atoms with Gasteiger partial charge >= 0.3 is 0 Å². The molecule has 1 unspecified atom stereocenters. The summed E-state index contributed by atoms with van der Waals surface area (Å²) < 4.78 is 0. The van der Waals surface area contributed by atoms with Crippen LogP contribution in [-0.2, 0) is 0 Å². The maximum atomic E-state index is 9.17. The second-order valence-corrected chi connectivity index (χ2v) is 5.81. The number of hydrogen-bond donors (Lipinski definition) is 1. The summed E-state index contributed by atoms with van der Waals surface area (Å²) in [5.41, 5.74) is 0.527. The fraction of sp³-hybridized carbons (Fsp3) is 0.929. The van der Waals surface area contributed by atoms with Gasteiger partial charge in [-0.3, -0.25) is 5.32 Å². The number of hydrogen-bond acceptors (Lipinski definition) is 3. The van der Waals surface area contributed by atoms with E-state index in [-0.39, 0.29) is 6.04 Å². The first-order valence-corrected chi connectivity index (χ1v) is 7.09. The molecule has 1 N–H and O–H groups in total. The van der Waals surface area contributed by atoms with E-state index in [1.165, 1.54) is 45.2 Å². The van der Waals surface area contributed by atoms with Crippen LogP contribution in [0.1, 0.15) is 46.0 Å². The average Bonchev–Trinajstić information content (AvgIpc) is 3.08. The van der Waals surface area contributed by atoms with Crippen molar-refractivity contribution in [2.45, 2.75) is 58.0 Å². The van der Waals surface area contributed by atoms with Gasteiger partial charge in [0.25, 0.3) is 0 Å². The minimum Gasteiger partial charge on any atom is -0.300 e. The highest BCUT2D eigenvalue weighted by atomic mass is 15.2. The third-order valence-electron chi connectivity index (χ3n) is 4.63. The van der Waals surface area contributed by atoms with Crippen LogP contribution in [0.5, 0.6) is 0 Å². The molecule has 1 aliphatic heterocycles. The summed E-state index contributed by atoms with van der Waals surface area (Å²) in [5, 5.41) is 12.6. The molecule has 1 atom stereocenters. The van der Waals surface area contributed by atoms with Gasteiger partial charge < -0.3 is 4.90 Å². The highest BCUT2D eigenvalue weighted by molar-refractivity contribution is 4.99. The van der Waals surface area contributed by atoms with Crippen LogP contribution >= 0.6 is 0 Å². The van der Waals surface area contributed by atoms with Gasteiger partial charge in [0.15, 0.2) is 0 Å². The molecule has 17 heavy (non-hydrogen) atoms. The van der Waals surface area contributed by atoms with Crippen molar-refractivity contribution in [3.63, 3.8) is 0 Å². The van der Waals surface area contributed by atoms with Crippen LogP contribution in [0.15, 0.2) is 0 Å². The molecule has 3 nitrogen and oxygen atoms in total. The van der Waals surface area contributed by atoms with Gasteiger partial charge in [-0.15, -0.1) is 0 Å². The Morgan fingerprint density at radius 2 is 2.12 bits per heavy atom. The smallest absolute Gasteiger partial charge is 0.108 e. The Labute approximate surface area is 105 Å². The van der Waals surface area contributed by atoms with Crippen molar-refractivity contribution in [1.82, 2.24) is 10.2 Å². The summed E-state index contributed by atoms with van der Waals surface area (Å²) in [6.07, 6.45) is 6.36. The van der Waals surface area contributed by atoms with Crippen molar-refractivity contribution in [3.8, 4) is 6.07 Å². The van der Waals surface area contributed by atoms with Crippen LogP contribution in [0.4, 0.5) is 0 Å². The van der Waals surface area contributed by atoms with Crippen molar-refractivity contribution < 1.29 is 0 Å². The molecule has 0 radical (unpaired) electrons. The van der Waals surface area contributed by atoms with Gasteiger partial charge in [0.2, 0.25) is 0 Å². The quantitative estimate of drug-likeness (QED) is 0.766. The highest BCUT2D eigenvalue weighted by Gasteiger charge is 2.36. The van der Waals surface area contributed by atoms with E-state index in [0.29, 0.717) is 11.5 Å². The van der Waals surface area contributed by atoms with Gasteiger partial charge in [-0.2, -0.15) is 5.26 Å². The third kappa shape index (κ3) is 3.20. The zero-order valence-corrected chi connectivity index (χ0v) is 11.2. The van der Waals surface area contributed by atoms with E-state index in [2.05, 4.69) is 30.1 Å². The van der Waals surface area contributed by atoms with Crippen LogP contribution in [0.2, 0.25) is 0 Å². The lowest BCUT2D eigenvalue weighted by Crippen LogP contribution is -2.41. The number of likely N-dealkylation sites (tertiary alicyclic amines) is 1. The molecule has 3 heteroatoms. The van der Waals surface area contributed by atoms with Crippen LogP contribution in [-0.4, -0.2) is 36.6 Å². The molecule has 0 aromatic carbocycles. The molecule has 1 aliphatic carbocycles. The van der Waals surface area contributed by atoms with E-state index >= 15 is 0 Å². The molecule has 2 aliphatic rings. The fourth-order valence-corrected chi connectivity index (χ4v) is 2.93. The minimum absolute atomic E-state index is 0.0343. The molecular formula is C14H25N3. The topological polar surface area (TPSA) is 39.1 Å². The molecule has 2 rings (SSSR count). The Morgan fingerprint density at radius 1 is 1.41 bits per heavy atom. The number of nitrogens with zero attached hydrogens (tertiary/aromatic N) is 2. The predicted molar refractivity (Wildman–Crippen MR) is 69.6 cm³/mol. The van der Waals surface area contributed by atoms with Crippen molar-refractivity contribution in [2.24, 2.45) is 5.41 Å². The summed E-state index contributed by atoms with van der Waals surface area (Å²) in [6.45, 7) is 7.87. The van der Waals surface area contributed by atoms with Gasteiger partial charge in [-0.1, -0.05) is 13.8 Å². The summed E-state index contributed by atoms with van der Waals surface area (Å²) in [5.74, 6) is 0. The average molecular weight is 235 g/mol. The first kappa shape index (κ1) is 12.9. The lowest BCUT2D eigenvalue weighted by atomic mass is 9.82. The van der Waals surface area contributed by atoms with Crippen LogP contribution in [0.3, 0.4) is 0 Å². The molecule has 1 saturated carbocycles. The molecule has 0 spiro atoms. The summed E-state index contributed by atoms with van der Waals surface area (Å²) in [4.78, 5) is 2.48. The van der Waals surface area contributed by atoms with Gasteiger partial charge in [0.05, 0.1) is 6.07 Å². The Bertz CT molecular complexity index is 286. The number of nitrogens with one attached hydrogen (secondary N) is 1. The minimum atomic E-state index is 0.0343. The Kier molecular flexibility index (Phi) is 4.06. The molecule has 1 saturated heterocycles. The second-order valence-electron chi connectivity index (χ2n) is 5.81. The van der Waals surface area contributed by atoms with E-state index < -0.39 is 0 Å². The van der Waals surface area contributed by atoms with E-state index in [0.717, 1.165) is 6.54 Å². The van der Waals surface area contributed by atoms with Gasteiger partial charge in [0.1, 0.15) is 6.04 Å².